The van der Waals surface area contributed by atoms with Gasteiger partial charge < -0.3 is 5.11 Å². The Hall–Kier alpha value is -3.80. The quantitative estimate of drug-likeness (QED) is 0.436. The van der Waals surface area contributed by atoms with E-state index in [-0.39, 0.29) is 5.56 Å². The minimum absolute atomic E-state index is 0.266. The zero-order valence-electron chi connectivity index (χ0n) is 17.4. The lowest BCUT2D eigenvalue weighted by atomic mass is 10.0. The first-order chi connectivity index (χ1) is 15.2. The summed E-state index contributed by atoms with van der Waals surface area (Å²) in [6.07, 6.45) is 4.72. The molecule has 0 bridgehead atoms. The van der Waals surface area contributed by atoms with Crippen molar-refractivity contribution in [2.24, 2.45) is 0 Å². The van der Waals surface area contributed by atoms with Gasteiger partial charge in [0.1, 0.15) is 5.82 Å². The fourth-order valence-electron chi connectivity index (χ4n) is 3.48. The van der Waals surface area contributed by atoms with Crippen LogP contribution in [0.15, 0.2) is 72.9 Å². The van der Waals surface area contributed by atoms with Gasteiger partial charge in [-0.3, -0.25) is 4.98 Å². The molecule has 0 aliphatic heterocycles. The number of rotatable bonds is 8. The molecule has 156 valence electrons. The summed E-state index contributed by atoms with van der Waals surface area (Å²) < 4.78 is 1.92. The first-order valence-corrected chi connectivity index (χ1v) is 10.4. The Morgan fingerprint density at radius 3 is 2.45 bits per heavy atom. The topological polar surface area (TPSA) is 80.9 Å². The lowest BCUT2D eigenvalue weighted by Crippen LogP contribution is -2.08. The monoisotopic (exact) mass is 412 g/mol. The van der Waals surface area contributed by atoms with E-state index in [1.54, 1.807) is 24.4 Å². The van der Waals surface area contributed by atoms with Crippen molar-refractivity contribution in [1.82, 2.24) is 19.7 Å². The molecule has 0 unspecified atom stereocenters. The van der Waals surface area contributed by atoms with Crippen LogP contribution >= 0.6 is 0 Å². The molecule has 6 heteroatoms. The lowest BCUT2D eigenvalue weighted by Gasteiger charge is -2.08. The molecule has 0 radical (unpaired) electrons. The van der Waals surface area contributed by atoms with E-state index in [1.165, 1.54) is 0 Å². The highest BCUT2D eigenvalue weighted by Gasteiger charge is 2.14. The third kappa shape index (κ3) is 4.69. The number of hydrogen-bond acceptors (Lipinski definition) is 4. The predicted octanol–water partition coefficient (Wildman–Crippen LogP) is 5.10. The summed E-state index contributed by atoms with van der Waals surface area (Å²) in [7, 11) is 0. The summed E-state index contributed by atoms with van der Waals surface area (Å²) in [4.78, 5) is 20.8. The Morgan fingerprint density at radius 2 is 1.74 bits per heavy atom. The summed E-state index contributed by atoms with van der Waals surface area (Å²) in [5.41, 5.74) is 3.54. The summed E-state index contributed by atoms with van der Waals surface area (Å²) in [6.45, 7) is 2.67. The maximum Gasteiger partial charge on any atom is 0.336 e. The number of aryl methyl sites for hydroxylation is 1. The Kier molecular flexibility index (Phi) is 6.17. The summed E-state index contributed by atoms with van der Waals surface area (Å²) in [5, 5.41) is 14.2. The fourth-order valence-corrected chi connectivity index (χ4v) is 3.48. The van der Waals surface area contributed by atoms with Crippen LogP contribution in [0.25, 0.3) is 22.5 Å². The van der Waals surface area contributed by atoms with E-state index in [9.17, 15) is 9.90 Å². The fraction of sp³-hybridized carbons (Fsp3) is 0.200. The number of carbonyl (C=O) groups is 1. The number of hydrogen-bond donors (Lipinski definition) is 1. The first-order valence-electron chi connectivity index (χ1n) is 10.4. The van der Waals surface area contributed by atoms with Crippen molar-refractivity contribution < 1.29 is 9.90 Å². The van der Waals surface area contributed by atoms with Crippen LogP contribution in [-0.2, 0) is 13.0 Å². The van der Waals surface area contributed by atoms with Gasteiger partial charge in [0.25, 0.3) is 0 Å². The number of benzene rings is 2. The van der Waals surface area contributed by atoms with Crippen molar-refractivity contribution in [3.63, 3.8) is 0 Å². The summed E-state index contributed by atoms with van der Waals surface area (Å²) in [6, 6.07) is 20.7. The van der Waals surface area contributed by atoms with Crippen LogP contribution in [0.5, 0.6) is 0 Å². The normalized spacial score (nSPS) is 10.9. The number of aromatic nitrogens is 4. The third-order valence-corrected chi connectivity index (χ3v) is 5.14. The Bertz CT molecular complexity index is 1170. The largest absolute Gasteiger partial charge is 0.478 e. The van der Waals surface area contributed by atoms with Crippen molar-refractivity contribution in [2.45, 2.75) is 32.7 Å². The second-order valence-electron chi connectivity index (χ2n) is 7.37. The van der Waals surface area contributed by atoms with Crippen LogP contribution in [0.1, 0.15) is 41.6 Å². The summed E-state index contributed by atoms with van der Waals surface area (Å²) in [5.74, 6) is 0.720. The molecule has 0 amide bonds. The van der Waals surface area contributed by atoms with Gasteiger partial charge in [0.15, 0.2) is 5.82 Å². The molecule has 4 aromatic rings. The van der Waals surface area contributed by atoms with E-state index in [0.717, 1.165) is 47.7 Å². The number of pyridine rings is 1. The summed E-state index contributed by atoms with van der Waals surface area (Å²) >= 11 is 0. The zero-order valence-corrected chi connectivity index (χ0v) is 17.4. The first kappa shape index (κ1) is 20.5. The smallest absolute Gasteiger partial charge is 0.336 e. The maximum atomic E-state index is 11.5. The molecule has 0 fully saturated rings. The van der Waals surface area contributed by atoms with E-state index in [1.807, 2.05) is 53.2 Å². The highest BCUT2D eigenvalue weighted by Crippen LogP contribution is 2.23. The van der Waals surface area contributed by atoms with E-state index < -0.39 is 5.97 Å². The molecule has 2 aromatic carbocycles. The maximum absolute atomic E-state index is 11.5. The van der Waals surface area contributed by atoms with Crippen molar-refractivity contribution in [3.05, 3.63) is 90.0 Å². The molecule has 0 aliphatic rings. The van der Waals surface area contributed by atoms with E-state index >= 15 is 0 Å². The lowest BCUT2D eigenvalue weighted by molar-refractivity contribution is 0.0697. The van der Waals surface area contributed by atoms with Crippen molar-refractivity contribution in [2.75, 3.05) is 0 Å². The number of aromatic carboxylic acids is 1. The molecule has 0 spiro atoms. The van der Waals surface area contributed by atoms with Crippen LogP contribution in [-0.4, -0.2) is 30.8 Å². The van der Waals surface area contributed by atoms with Gasteiger partial charge in [0, 0.05) is 23.7 Å². The molecule has 2 aromatic heterocycles. The van der Waals surface area contributed by atoms with Gasteiger partial charge in [-0.1, -0.05) is 67.9 Å². The zero-order chi connectivity index (χ0) is 21.6. The molecule has 6 nitrogen and oxygen atoms in total. The molecule has 2 heterocycles. The van der Waals surface area contributed by atoms with Crippen LogP contribution in [0.4, 0.5) is 0 Å². The van der Waals surface area contributed by atoms with Crippen LogP contribution < -0.4 is 0 Å². The van der Waals surface area contributed by atoms with Crippen LogP contribution in [0.3, 0.4) is 0 Å². The highest BCUT2D eigenvalue weighted by atomic mass is 16.4. The molecule has 31 heavy (non-hydrogen) atoms. The minimum Gasteiger partial charge on any atom is -0.478 e. The molecule has 0 aliphatic carbocycles. The molecule has 0 saturated heterocycles. The highest BCUT2D eigenvalue weighted by molar-refractivity contribution is 5.95. The molecule has 0 saturated carbocycles. The molecule has 0 atom stereocenters. The molecular formula is C25H24N4O2. The SMILES string of the molecule is CCCCc1nc(-c2ccccc2)nn1Cc1ccc(-c2ccccc2C(=O)O)cn1. The van der Waals surface area contributed by atoms with Crippen LogP contribution in [0, 0.1) is 0 Å². The van der Waals surface area contributed by atoms with E-state index in [4.69, 9.17) is 10.1 Å². The van der Waals surface area contributed by atoms with Gasteiger partial charge in [-0.05, 0) is 24.1 Å². The molecule has 4 rings (SSSR count). The number of nitrogens with zero attached hydrogens (tertiary/aromatic N) is 4. The van der Waals surface area contributed by atoms with Gasteiger partial charge in [-0.15, -0.1) is 0 Å². The van der Waals surface area contributed by atoms with Crippen molar-refractivity contribution in [3.8, 4) is 22.5 Å². The van der Waals surface area contributed by atoms with Crippen molar-refractivity contribution >= 4 is 5.97 Å². The Morgan fingerprint density at radius 1 is 0.968 bits per heavy atom. The average Bonchev–Trinajstić information content (AvgIpc) is 3.21. The molecule has 1 N–H and O–H groups in total. The van der Waals surface area contributed by atoms with Crippen LogP contribution in [0.2, 0.25) is 0 Å². The van der Waals surface area contributed by atoms with Gasteiger partial charge in [0.2, 0.25) is 0 Å². The standard InChI is InChI=1S/C25H24N4O2/c1-2-3-13-23-27-24(18-9-5-4-6-10-18)28-29(23)17-20-15-14-19(16-26-20)21-11-7-8-12-22(21)25(30)31/h4-12,14-16H,2-3,13,17H2,1H3,(H,30,31). The van der Waals surface area contributed by atoms with E-state index in [0.29, 0.717) is 12.1 Å². The second-order valence-corrected chi connectivity index (χ2v) is 7.37. The van der Waals surface area contributed by atoms with E-state index in [2.05, 4.69) is 11.9 Å². The van der Waals surface area contributed by atoms with Crippen molar-refractivity contribution in [1.29, 1.82) is 0 Å². The van der Waals surface area contributed by atoms with Gasteiger partial charge in [0.05, 0.1) is 17.8 Å². The predicted molar refractivity (Wildman–Crippen MR) is 120 cm³/mol. The molecular weight excluding hydrogens is 388 g/mol. The number of unbranched alkanes of at least 4 members (excludes halogenated alkanes) is 1. The van der Waals surface area contributed by atoms with Gasteiger partial charge in [-0.2, -0.15) is 5.10 Å². The second kappa shape index (κ2) is 9.34. The minimum atomic E-state index is -0.948. The van der Waals surface area contributed by atoms with Gasteiger partial charge >= 0.3 is 5.97 Å². The number of carboxylic acid groups (broad SMARTS) is 1. The average molecular weight is 412 g/mol. The van der Waals surface area contributed by atoms with Gasteiger partial charge in [-0.25, -0.2) is 14.5 Å². The Labute approximate surface area is 181 Å². The Balaban J connectivity index is 1.60. The number of carboxylic acids is 1. The third-order valence-electron chi connectivity index (χ3n) is 5.14.